The van der Waals surface area contributed by atoms with Crippen LogP contribution in [0, 0.1) is 5.92 Å². The van der Waals surface area contributed by atoms with Crippen LogP contribution in [0.3, 0.4) is 0 Å². The predicted molar refractivity (Wildman–Crippen MR) is 71.5 cm³/mol. The van der Waals surface area contributed by atoms with E-state index in [1.807, 2.05) is 19.9 Å². The molecule has 0 saturated heterocycles. The first-order valence-corrected chi connectivity index (χ1v) is 6.28. The van der Waals surface area contributed by atoms with E-state index in [1.165, 1.54) is 4.90 Å². The molecule has 1 heterocycles. The SMILES string of the molecule is CC(C)C[C@@H](C=O)N(C)C(=O)OCc1cccnc1. The molecule has 0 aliphatic heterocycles. The lowest BCUT2D eigenvalue weighted by molar-refractivity contribution is -0.112. The van der Waals surface area contributed by atoms with Gasteiger partial charge in [0, 0.05) is 25.0 Å². The predicted octanol–water partition coefficient (Wildman–Crippen LogP) is 2.26. The number of pyridine rings is 1. The average molecular weight is 264 g/mol. The van der Waals surface area contributed by atoms with Crippen molar-refractivity contribution in [1.29, 1.82) is 0 Å². The molecular weight excluding hydrogens is 244 g/mol. The monoisotopic (exact) mass is 264 g/mol. The van der Waals surface area contributed by atoms with Crippen LogP contribution in [0.4, 0.5) is 4.79 Å². The second kappa shape index (κ2) is 7.51. The van der Waals surface area contributed by atoms with E-state index < -0.39 is 12.1 Å². The number of aromatic nitrogens is 1. The maximum atomic E-state index is 11.8. The molecule has 1 aromatic heterocycles. The van der Waals surface area contributed by atoms with E-state index in [4.69, 9.17) is 4.74 Å². The summed E-state index contributed by atoms with van der Waals surface area (Å²) >= 11 is 0. The number of likely N-dealkylation sites (N-methyl/N-ethyl adjacent to an activating group) is 1. The number of hydrogen-bond acceptors (Lipinski definition) is 4. The Hall–Kier alpha value is -1.91. The van der Waals surface area contributed by atoms with Crippen molar-refractivity contribution in [2.75, 3.05) is 7.05 Å². The van der Waals surface area contributed by atoms with Gasteiger partial charge in [-0.1, -0.05) is 19.9 Å². The highest BCUT2D eigenvalue weighted by Gasteiger charge is 2.21. The van der Waals surface area contributed by atoms with Crippen LogP contribution < -0.4 is 0 Å². The van der Waals surface area contributed by atoms with E-state index in [0.717, 1.165) is 11.8 Å². The quantitative estimate of drug-likeness (QED) is 0.739. The molecule has 0 aliphatic rings. The van der Waals surface area contributed by atoms with Crippen molar-refractivity contribution in [3.8, 4) is 0 Å². The summed E-state index contributed by atoms with van der Waals surface area (Å²) in [6.07, 6.45) is 4.20. The molecule has 0 unspecified atom stereocenters. The lowest BCUT2D eigenvalue weighted by atomic mass is 10.0. The van der Waals surface area contributed by atoms with Crippen molar-refractivity contribution >= 4 is 12.4 Å². The van der Waals surface area contributed by atoms with Crippen LogP contribution in [0.1, 0.15) is 25.8 Å². The van der Waals surface area contributed by atoms with Crippen molar-refractivity contribution in [2.24, 2.45) is 5.92 Å². The third-order valence-corrected chi connectivity index (χ3v) is 2.74. The van der Waals surface area contributed by atoms with Gasteiger partial charge in [0.25, 0.3) is 0 Å². The van der Waals surface area contributed by atoms with Gasteiger partial charge in [0.1, 0.15) is 12.9 Å². The minimum absolute atomic E-state index is 0.157. The van der Waals surface area contributed by atoms with Crippen LogP contribution in [-0.4, -0.2) is 35.4 Å². The zero-order valence-electron chi connectivity index (χ0n) is 11.6. The molecule has 0 fully saturated rings. The molecule has 0 spiro atoms. The fourth-order valence-corrected chi connectivity index (χ4v) is 1.65. The van der Waals surface area contributed by atoms with E-state index in [9.17, 15) is 9.59 Å². The summed E-state index contributed by atoms with van der Waals surface area (Å²) in [5.41, 5.74) is 0.816. The molecular formula is C14H20N2O3. The van der Waals surface area contributed by atoms with E-state index in [1.54, 1.807) is 25.5 Å². The second-order valence-electron chi connectivity index (χ2n) is 4.86. The molecule has 5 nitrogen and oxygen atoms in total. The molecule has 1 atom stereocenters. The molecule has 5 heteroatoms. The highest BCUT2D eigenvalue weighted by atomic mass is 16.6. The lowest BCUT2D eigenvalue weighted by Crippen LogP contribution is -2.39. The van der Waals surface area contributed by atoms with Gasteiger partial charge in [0.05, 0.1) is 6.04 Å². The summed E-state index contributed by atoms with van der Waals surface area (Å²) in [5.74, 6) is 0.337. The molecule has 0 aliphatic carbocycles. The first-order valence-electron chi connectivity index (χ1n) is 6.28. The summed E-state index contributed by atoms with van der Waals surface area (Å²) in [7, 11) is 1.58. The zero-order valence-corrected chi connectivity index (χ0v) is 11.6. The Morgan fingerprint density at radius 3 is 2.79 bits per heavy atom. The van der Waals surface area contributed by atoms with Gasteiger partial charge in [-0.3, -0.25) is 4.98 Å². The Balaban J connectivity index is 2.50. The van der Waals surface area contributed by atoms with Gasteiger partial charge >= 0.3 is 6.09 Å². The van der Waals surface area contributed by atoms with Gasteiger partial charge in [-0.15, -0.1) is 0 Å². The van der Waals surface area contributed by atoms with Crippen LogP contribution in [0.25, 0.3) is 0 Å². The maximum absolute atomic E-state index is 11.8. The minimum atomic E-state index is -0.499. The minimum Gasteiger partial charge on any atom is -0.444 e. The summed E-state index contributed by atoms with van der Waals surface area (Å²) in [4.78, 5) is 28.1. The molecule has 0 N–H and O–H groups in total. The van der Waals surface area contributed by atoms with Gasteiger partial charge in [0.2, 0.25) is 0 Å². The molecule has 1 rings (SSSR count). The molecule has 0 saturated carbocycles. The van der Waals surface area contributed by atoms with Crippen molar-refractivity contribution < 1.29 is 14.3 Å². The largest absolute Gasteiger partial charge is 0.444 e. The first kappa shape index (κ1) is 15.1. The number of ether oxygens (including phenoxy) is 1. The molecule has 0 aromatic carbocycles. The molecule has 0 bridgehead atoms. The number of carbonyl (C=O) groups excluding carboxylic acids is 2. The summed E-state index contributed by atoms with van der Waals surface area (Å²) in [6.45, 7) is 4.17. The van der Waals surface area contributed by atoms with Gasteiger partial charge in [-0.25, -0.2) is 4.79 Å². The van der Waals surface area contributed by atoms with Crippen LogP contribution >= 0.6 is 0 Å². The van der Waals surface area contributed by atoms with Crippen molar-refractivity contribution in [3.05, 3.63) is 30.1 Å². The van der Waals surface area contributed by atoms with E-state index >= 15 is 0 Å². The van der Waals surface area contributed by atoms with Crippen LogP contribution in [0.2, 0.25) is 0 Å². The first-order chi connectivity index (χ1) is 9.04. The average Bonchev–Trinajstić information content (AvgIpc) is 2.42. The Kier molecular flexibility index (Phi) is 5.99. The zero-order chi connectivity index (χ0) is 14.3. The van der Waals surface area contributed by atoms with Gasteiger partial charge in [-0.2, -0.15) is 0 Å². The van der Waals surface area contributed by atoms with Gasteiger partial charge in [-0.05, 0) is 18.4 Å². The molecule has 1 aromatic rings. The lowest BCUT2D eigenvalue weighted by Gasteiger charge is -2.24. The van der Waals surface area contributed by atoms with Crippen molar-refractivity contribution in [3.63, 3.8) is 0 Å². The van der Waals surface area contributed by atoms with E-state index in [0.29, 0.717) is 12.3 Å². The third-order valence-electron chi connectivity index (χ3n) is 2.74. The smallest absolute Gasteiger partial charge is 0.410 e. The normalized spacial score (nSPS) is 12.0. The molecule has 0 radical (unpaired) electrons. The van der Waals surface area contributed by atoms with E-state index in [2.05, 4.69) is 4.98 Å². The number of nitrogens with zero attached hydrogens (tertiary/aromatic N) is 2. The van der Waals surface area contributed by atoms with Gasteiger partial charge < -0.3 is 14.4 Å². The maximum Gasteiger partial charge on any atom is 0.410 e. The van der Waals surface area contributed by atoms with Gasteiger partial charge in [0.15, 0.2) is 0 Å². The Morgan fingerprint density at radius 1 is 1.53 bits per heavy atom. The highest BCUT2D eigenvalue weighted by Crippen LogP contribution is 2.10. The third kappa shape index (κ3) is 5.07. The fraction of sp³-hybridized carbons (Fsp3) is 0.500. The van der Waals surface area contributed by atoms with Crippen LogP contribution in [0.15, 0.2) is 24.5 Å². The highest BCUT2D eigenvalue weighted by molar-refractivity contribution is 5.73. The van der Waals surface area contributed by atoms with E-state index in [-0.39, 0.29) is 6.61 Å². The Labute approximate surface area is 113 Å². The standard InChI is InChI=1S/C14H20N2O3/c1-11(2)7-13(9-17)16(3)14(18)19-10-12-5-4-6-15-8-12/h4-6,8-9,11,13H,7,10H2,1-3H3/t13-/m0/s1. The number of rotatable bonds is 6. The molecule has 1 amide bonds. The molecule has 104 valence electrons. The Morgan fingerprint density at radius 2 is 2.26 bits per heavy atom. The topological polar surface area (TPSA) is 59.5 Å². The van der Waals surface area contributed by atoms with Crippen LogP contribution in [0.5, 0.6) is 0 Å². The van der Waals surface area contributed by atoms with Crippen LogP contribution in [-0.2, 0) is 16.1 Å². The van der Waals surface area contributed by atoms with Crippen molar-refractivity contribution in [1.82, 2.24) is 9.88 Å². The Bertz CT molecular complexity index is 406. The fourth-order valence-electron chi connectivity index (χ4n) is 1.65. The summed E-state index contributed by atoms with van der Waals surface area (Å²) in [5, 5.41) is 0. The number of amides is 1. The second-order valence-corrected chi connectivity index (χ2v) is 4.86. The van der Waals surface area contributed by atoms with Crippen molar-refractivity contribution in [2.45, 2.75) is 32.9 Å². The number of aldehydes is 1. The molecule has 19 heavy (non-hydrogen) atoms. The summed E-state index contributed by atoms with van der Waals surface area (Å²) in [6, 6.07) is 3.16. The number of carbonyl (C=O) groups is 2. The number of hydrogen-bond donors (Lipinski definition) is 0. The summed E-state index contributed by atoms with van der Waals surface area (Å²) < 4.78 is 5.14.